The van der Waals surface area contributed by atoms with Gasteiger partial charge in [0.15, 0.2) is 5.78 Å². The second-order valence-corrected chi connectivity index (χ2v) is 5.68. The zero-order valence-electron chi connectivity index (χ0n) is 10.9. The third kappa shape index (κ3) is 2.01. The molecule has 0 aromatic carbocycles. The Morgan fingerprint density at radius 3 is 2.83 bits per heavy atom. The fourth-order valence-corrected chi connectivity index (χ4v) is 3.48. The number of ketones is 1. The summed E-state index contributed by atoms with van der Waals surface area (Å²) in [6.45, 7) is 2.59. The molecule has 0 radical (unpaired) electrons. The van der Waals surface area contributed by atoms with E-state index in [1.165, 1.54) is 12.8 Å². The summed E-state index contributed by atoms with van der Waals surface area (Å²) in [5.74, 6) is 1.11. The minimum Gasteiger partial charge on any atom is -0.469 e. The first-order valence-corrected chi connectivity index (χ1v) is 6.92. The van der Waals surface area contributed by atoms with Crippen LogP contribution in [-0.2, 0) is 4.74 Å². The number of carbonyl (C=O) groups is 1. The third-order valence-corrected chi connectivity index (χ3v) is 4.50. The van der Waals surface area contributed by atoms with E-state index < -0.39 is 0 Å². The van der Waals surface area contributed by atoms with Gasteiger partial charge in [-0.15, -0.1) is 0 Å². The molecule has 1 spiro atoms. The van der Waals surface area contributed by atoms with Gasteiger partial charge in [-0.05, 0) is 38.7 Å². The molecule has 1 aromatic heterocycles. The van der Waals surface area contributed by atoms with E-state index in [1.807, 2.05) is 6.92 Å². The maximum atomic E-state index is 12.5. The molecule has 1 aliphatic heterocycles. The molecule has 0 amide bonds. The Balaban J connectivity index is 1.76. The molecular weight excluding hydrogens is 228 g/mol. The molecule has 2 fully saturated rings. The normalized spacial score (nSPS) is 26.6. The van der Waals surface area contributed by atoms with Crippen molar-refractivity contribution >= 4 is 5.78 Å². The van der Waals surface area contributed by atoms with Crippen molar-refractivity contribution < 1.29 is 13.9 Å². The SMILES string of the molecule is Cc1occc1C(=O)C1CCOC2(CCCC2)C1. The Hall–Kier alpha value is -1.09. The van der Waals surface area contributed by atoms with Gasteiger partial charge in [0.05, 0.1) is 17.4 Å². The van der Waals surface area contributed by atoms with Crippen molar-refractivity contribution in [2.24, 2.45) is 5.92 Å². The first-order valence-electron chi connectivity index (χ1n) is 6.92. The van der Waals surface area contributed by atoms with Crippen LogP contribution in [0.1, 0.15) is 54.6 Å². The highest BCUT2D eigenvalue weighted by Gasteiger charge is 2.42. The molecule has 2 heterocycles. The van der Waals surface area contributed by atoms with Gasteiger partial charge in [0.2, 0.25) is 0 Å². The monoisotopic (exact) mass is 248 g/mol. The molecule has 98 valence electrons. The van der Waals surface area contributed by atoms with Crippen molar-refractivity contribution in [3.8, 4) is 0 Å². The van der Waals surface area contributed by atoms with Gasteiger partial charge in [0, 0.05) is 12.5 Å². The van der Waals surface area contributed by atoms with Gasteiger partial charge in [0.25, 0.3) is 0 Å². The molecule has 1 aliphatic carbocycles. The van der Waals surface area contributed by atoms with Crippen molar-refractivity contribution in [1.29, 1.82) is 0 Å². The van der Waals surface area contributed by atoms with E-state index in [4.69, 9.17) is 9.15 Å². The van der Waals surface area contributed by atoms with Crippen molar-refractivity contribution in [1.82, 2.24) is 0 Å². The molecule has 18 heavy (non-hydrogen) atoms. The smallest absolute Gasteiger partial charge is 0.169 e. The first-order chi connectivity index (χ1) is 8.70. The van der Waals surface area contributed by atoms with Crippen LogP contribution < -0.4 is 0 Å². The molecule has 0 bridgehead atoms. The summed E-state index contributed by atoms with van der Waals surface area (Å²) in [7, 11) is 0. The Morgan fingerprint density at radius 2 is 2.17 bits per heavy atom. The summed E-state index contributed by atoms with van der Waals surface area (Å²) < 4.78 is 11.2. The number of carbonyl (C=O) groups excluding carboxylic acids is 1. The zero-order chi connectivity index (χ0) is 12.6. The van der Waals surface area contributed by atoms with Crippen LogP contribution in [0.25, 0.3) is 0 Å². The van der Waals surface area contributed by atoms with E-state index in [1.54, 1.807) is 12.3 Å². The van der Waals surface area contributed by atoms with Crippen molar-refractivity contribution in [3.05, 3.63) is 23.7 Å². The number of hydrogen-bond donors (Lipinski definition) is 0. The molecule has 1 aromatic rings. The number of furan rings is 1. The Labute approximate surface area is 108 Å². The Kier molecular flexibility index (Phi) is 3.02. The predicted molar refractivity (Wildman–Crippen MR) is 67.7 cm³/mol. The van der Waals surface area contributed by atoms with Crippen LogP contribution in [0, 0.1) is 12.8 Å². The Bertz CT molecular complexity index is 440. The summed E-state index contributed by atoms with van der Waals surface area (Å²) in [4.78, 5) is 12.5. The van der Waals surface area contributed by atoms with Gasteiger partial charge in [-0.1, -0.05) is 12.8 Å². The van der Waals surface area contributed by atoms with E-state index in [9.17, 15) is 4.79 Å². The summed E-state index contributed by atoms with van der Waals surface area (Å²) in [6, 6.07) is 1.80. The highest BCUT2D eigenvalue weighted by atomic mass is 16.5. The van der Waals surface area contributed by atoms with Crippen LogP contribution in [0.2, 0.25) is 0 Å². The van der Waals surface area contributed by atoms with Crippen molar-refractivity contribution in [3.63, 3.8) is 0 Å². The maximum Gasteiger partial charge on any atom is 0.169 e. The molecule has 3 nitrogen and oxygen atoms in total. The summed E-state index contributed by atoms with van der Waals surface area (Å²) in [6.07, 6.45) is 8.09. The second-order valence-electron chi connectivity index (χ2n) is 5.68. The van der Waals surface area contributed by atoms with E-state index in [0.717, 1.165) is 43.6 Å². The van der Waals surface area contributed by atoms with E-state index in [0.29, 0.717) is 0 Å². The lowest BCUT2D eigenvalue weighted by atomic mass is 9.81. The van der Waals surface area contributed by atoms with Crippen LogP contribution in [0.15, 0.2) is 16.7 Å². The fourth-order valence-electron chi connectivity index (χ4n) is 3.48. The minimum absolute atomic E-state index is 0.0101. The predicted octanol–water partition coefficient (Wildman–Crippen LogP) is 3.51. The quantitative estimate of drug-likeness (QED) is 0.752. The number of ether oxygens (including phenoxy) is 1. The minimum atomic E-state index is 0.0101. The van der Waals surface area contributed by atoms with Crippen LogP contribution in [0.3, 0.4) is 0 Å². The number of hydrogen-bond acceptors (Lipinski definition) is 3. The molecule has 3 rings (SSSR count). The third-order valence-electron chi connectivity index (χ3n) is 4.50. The molecule has 2 aliphatic rings. The number of Topliss-reactive ketones (excluding diaryl/α,β-unsaturated/α-hetero) is 1. The van der Waals surface area contributed by atoms with Crippen molar-refractivity contribution in [2.75, 3.05) is 6.61 Å². The average molecular weight is 248 g/mol. The van der Waals surface area contributed by atoms with Crippen LogP contribution >= 0.6 is 0 Å². The van der Waals surface area contributed by atoms with Gasteiger partial charge in [-0.2, -0.15) is 0 Å². The average Bonchev–Trinajstić information content (AvgIpc) is 2.98. The molecule has 1 saturated carbocycles. The van der Waals surface area contributed by atoms with Gasteiger partial charge in [-0.25, -0.2) is 0 Å². The Morgan fingerprint density at radius 1 is 1.39 bits per heavy atom. The van der Waals surface area contributed by atoms with E-state index in [2.05, 4.69) is 0 Å². The molecule has 0 N–H and O–H groups in total. The maximum absolute atomic E-state index is 12.5. The fraction of sp³-hybridized carbons (Fsp3) is 0.667. The molecule has 1 saturated heterocycles. The van der Waals surface area contributed by atoms with Crippen LogP contribution in [-0.4, -0.2) is 18.0 Å². The lowest BCUT2D eigenvalue weighted by Gasteiger charge is -2.37. The number of aryl methyl sites for hydroxylation is 1. The summed E-state index contributed by atoms with van der Waals surface area (Å²) in [5, 5.41) is 0. The highest BCUT2D eigenvalue weighted by molar-refractivity contribution is 5.98. The molecule has 1 atom stereocenters. The molecule has 3 heteroatoms. The lowest BCUT2D eigenvalue weighted by Crippen LogP contribution is -2.39. The highest BCUT2D eigenvalue weighted by Crippen LogP contribution is 2.42. The molecule has 1 unspecified atom stereocenters. The van der Waals surface area contributed by atoms with E-state index >= 15 is 0 Å². The number of rotatable bonds is 2. The largest absolute Gasteiger partial charge is 0.469 e. The van der Waals surface area contributed by atoms with Crippen LogP contribution in [0.4, 0.5) is 0 Å². The standard InChI is InChI=1S/C15H20O3/c1-11-13(5-8-17-11)14(16)12-4-9-18-15(10-12)6-2-3-7-15/h5,8,12H,2-4,6-7,9-10H2,1H3. The summed E-state index contributed by atoms with van der Waals surface area (Å²) in [5.41, 5.74) is 0.769. The first kappa shape index (κ1) is 12.0. The van der Waals surface area contributed by atoms with E-state index in [-0.39, 0.29) is 17.3 Å². The topological polar surface area (TPSA) is 39.4 Å². The van der Waals surface area contributed by atoms with Gasteiger partial charge >= 0.3 is 0 Å². The summed E-state index contributed by atoms with van der Waals surface area (Å²) >= 11 is 0. The van der Waals surface area contributed by atoms with Gasteiger partial charge < -0.3 is 9.15 Å². The van der Waals surface area contributed by atoms with Crippen molar-refractivity contribution in [2.45, 2.75) is 51.0 Å². The van der Waals surface area contributed by atoms with Gasteiger partial charge in [-0.3, -0.25) is 4.79 Å². The lowest BCUT2D eigenvalue weighted by molar-refractivity contribution is -0.0866. The van der Waals surface area contributed by atoms with Crippen LogP contribution in [0.5, 0.6) is 0 Å². The van der Waals surface area contributed by atoms with Gasteiger partial charge in [0.1, 0.15) is 5.76 Å². The molecular formula is C15H20O3. The second kappa shape index (κ2) is 4.54. The zero-order valence-corrected chi connectivity index (χ0v) is 10.9.